The van der Waals surface area contributed by atoms with E-state index in [4.69, 9.17) is 0 Å². The molecule has 0 fully saturated rings. The minimum Gasteiger partial charge on any atom is -0.326 e. The Morgan fingerprint density at radius 3 is 2.71 bits per heavy atom. The van der Waals surface area contributed by atoms with Gasteiger partial charge in [0.2, 0.25) is 5.91 Å². The van der Waals surface area contributed by atoms with Gasteiger partial charge in [-0.2, -0.15) is 18.3 Å². The Morgan fingerprint density at radius 2 is 1.97 bits per heavy atom. The zero-order valence-corrected chi connectivity index (χ0v) is 19.6. The highest BCUT2D eigenvalue weighted by atomic mass is 32.2. The molecule has 0 aliphatic carbocycles. The summed E-state index contributed by atoms with van der Waals surface area (Å²) < 4.78 is 42.0. The molecule has 2 aromatic carbocycles. The van der Waals surface area contributed by atoms with Crippen LogP contribution in [0.1, 0.15) is 29.2 Å². The third-order valence-electron chi connectivity index (χ3n) is 6.00. The van der Waals surface area contributed by atoms with Gasteiger partial charge in [0.15, 0.2) is 10.8 Å². The second-order valence-corrected chi connectivity index (χ2v) is 9.41. The first-order chi connectivity index (χ1) is 16.6. The number of carbonyl (C=O) groups excluding carboxylic acids is 1. The van der Waals surface area contributed by atoms with Crippen molar-refractivity contribution >= 4 is 34.4 Å². The molecule has 0 spiro atoms. The number of alkyl halides is 3. The van der Waals surface area contributed by atoms with E-state index in [2.05, 4.69) is 15.4 Å². The molecule has 1 aliphatic heterocycles. The molecule has 1 unspecified atom stereocenters. The van der Waals surface area contributed by atoms with Crippen molar-refractivity contribution in [1.82, 2.24) is 19.3 Å². The second-order valence-electron chi connectivity index (χ2n) is 8.43. The molecular formula is C24H20F3N5O2S. The zero-order valence-electron chi connectivity index (χ0n) is 18.8. The molecule has 180 valence electrons. The van der Waals surface area contributed by atoms with E-state index in [-0.39, 0.29) is 17.7 Å². The van der Waals surface area contributed by atoms with E-state index in [9.17, 15) is 22.8 Å². The first-order valence-electron chi connectivity index (χ1n) is 10.8. The molecule has 5 rings (SSSR count). The SMILES string of the molecule is Cc1ccc(-n2ncc3c(=O)n4c(nc32)SCC4CC(=O)Nc2cccc(C(F)(F)F)c2)cc1C. The molecule has 2 aromatic heterocycles. The van der Waals surface area contributed by atoms with Gasteiger partial charge in [0.05, 0.1) is 23.5 Å². The molecular weight excluding hydrogens is 479 g/mol. The predicted molar refractivity (Wildman–Crippen MR) is 127 cm³/mol. The first-order valence-corrected chi connectivity index (χ1v) is 11.8. The summed E-state index contributed by atoms with van der Waals surface area (Å²) in [5.41, 5.74) is 2.35. The van der Waals surface area contributed by atoms with Gasteiger partial charge in [-0.1, -0.05) is 23.9 Å². The number of rotatable bonds is 4. The molecule has 1 N–H and O–H groups in total. The Bertz CT molecular complexity index is 1530. The fraction of sp³-hybridized carbons (Fsp3) is 0.250. The van der Waals surface area contributed by atoms with E-state index in [1.807, 2.05) is 32.0 Å². The van der Waals surface area contributed by atoms with Crippen LogP contribution >= 0.6 is 11.8 Å². The van der Waals surface area contributed by atoms with Gasteiger partial charge >= 0.3 is 6.18 Å². The number of anilines is 1. The third-order valence-corrected chi connectivity index (χ3v) is 7.10. The number of carbonyl (C=O) groups is 1. The van der Waals surface area contributed by atoms with E-state index < -0.39 is 23.7 Å². The second kappa shape index (κ2) is 8.56. The highest BCUT2D eigenvalue weighted by molar-refractivity contribution is 7.99. The van der Waals surface area contributed by atoms with Crippen molar-refractivity contribution in [3.8, 4) is 5.69 Å². The van der Waals surface area contributed by atoms with Crippen LogP contribution in [0.2, 0.25) is 0 Å². The maximum atomic E-state index is 13.3. The Hall–Kier alpha value is -3.60. The summed E-state index contributed by atoms with van der Waals surface area (Å²) in [7, 11) is 0. The lowest BCUT2D eigenvalue weighted by atomic mass is 10.1. The molecule has 3 heterocycles. The topological polar surface area (TPSA) is 81.8 Å². The van der Waals surface area contributed by atoms with E-state index in [0.717, 1.165) is 28.9 Å². The molecule has 11 heteroatoms. The molecule has 7 nitrogen and oxygen atoms in total. The number of benzene rings is 2. The Morgan fingerprint density at radius 1 is 1.17 bits per heavy atom. The van der Waals surface area contributed by atoms with Crippen LogP contribution in [0.3, 0.4) is 0 Å². The average Bonchev–Trinajstić information content (AvgIpc) is 3.40. The molecule has 0 radical (unpaired) electrons. The summed E-state index contributed by atoms with van der Waals surface area (Å²) >= 11 is 1.35. The van der Waals surface area contributed by atoms with Crippen LogP contribution in [-0.2, 0) is 11.0 Å². The molecule has 1 aliphatic rings. The van der Waals surface area contributed by atoms with E-state index >= 15 is 0 Å². The van der Waals surface area contributed by atoms with Gasteiger partial charge in [0.1, 0.15) is 5.39 Å². The average molecular weight is 500 g/mol. The van der Waals surface area contributed by atoms with Crippen molar-refractivity contribution < 1.29 is 18.0 Å². The monoisotopic (exact) mass is 499 g/mol. The minimum absolute atomic E-state index is 0.0475. The number of halogens is 3. The number of hydrogen-bond donors (Lipinski definition) is 1. The zero-order chi connectivity index (χ0) is 24.9. The maximum Gasteiger partial charge on any atom is 0.416 e. The smallest absolute Gasteiger partial charge is 0.326 e. The third kappa shape index (κ3) is 4.31. The minimum atomic E-state index is -4.51. The van der Waals surface area contributed by atoms with Crippen molar-refractivity contribution in [1.29, 1.82) is 0 Å². The van der Waals surface area contributed by atoms with Gasteiger partial charge in [0.25, 0.3) is 5.56 Å². The Kier molecular flexibility index (Phi) is 5.66. The van der Waals surface area contributed by atoms with Crippen molar-refractivity contribution in [2.24, 2.45) is 0 Å². The molecule has 0 saturated heterocycles. The quantitative estimate of drug-likeness (QED) is 0.404. The number of fused-ring (bicyclic) bond motifs is 2. The number of thioether (sulfide) groups is 1. The number of nitrogens with one attached hydrogen (secondary N) is 1. The molecule has 1 atom stereocenters. The van der Waals surface area contributed by atoms with Crippen LogP contribution in [0.15, 0.2) is 58.6 Å². The largest absolute Gasteiger partial charge is 0.416 e. The summed E-state index contributed by atoms with van der Waals surface area (Å²) in [6.07, 6.45) is -3.11. The predicted octanol–water partition coefficient (Wildman–Crippen LogP) is 4.89. The fourth-order valence-electron chi connectivity index (χ4n) is 4.03. The number of hydrogen-bond acceptors (Lipinski definition) is 5. The van der Waals surface area contributed by atoms with Crippen LogP contribution in [0.4, 0.5) is 18.9 Å². The lowest BCUT2D eigenvalue weighted by Crippen LogP contribution is -2.27. The van der Waals surface area contributed by atoms with Crippen LogP contribution in [0, 0.1) is 13.8 Å². The lowest BCUT2D eigenvalue weighted by Gasteiger charge is -2.14. The van der Waals surface area contributed by atoms with Crippen LogP contribution in [0.5, 0.6) is 0 Å². The Balaban J connectivity index is 1.41. The number of nitrogens with zero attached hydrogens (tertiary/aromatic N) is 4. The van der Waals surface area contributed by atoms with Crippen LogP contribution in [-0.4, -0.2) is 31.0 Å². The van der Waals surface area contributed by atoms with Crippen molar-refractivity contribution in [3.63, 3.8) is 0 Å². The number of amides is 1. The van der Waals surface area contributed by atoms with Gasteiger partial charge in [-0.3, -0.25) is 14.2 Å². The molecule has 0 saturated carbocycles. The summed E-state index contributed by atoms with van der Waals surface area (Å²) in [5, 5.41) is 7.68. The molecule has 0 bridgehead atoms. The van der Waals surface area contributed by atoms with Gasteiger partial charge < -0.3 is 5.32 Å². The summed E-state index contributed by atoms with van der Waals surface area (Å²) in [5.74, 6) is -0.0392. The lowest BCUT2D eigenvalue weighted by molar-refractivity contribution is -0.137. The normalized spacial score (nSPS) is 15.4. The first kappa shape index (κ1) is 23.2. The van der Waals surface area contributed by atoms with Crippen LogP contribution in [0.25, 0.3) is 16.7 Å². The van der Waals surface area contributed by atoms with Gasteiger partial charge in [0, 0.05) is 17.9 Å². The summed E-state index contributed by atoms with van der Waals surface area (Å²) in [4.78, 5) is 30.6. The summed E-state index contributed by atoms with van der Waals surface area (Å²) in [6, 6.07) is 9.83. The maximum absolute atomic E-state index is 13.3. The molecule has 4 aromatic rings. The van der Waals surface area contributed by atoms with Gasteiger partial charge in [-0.15, -0.1) is 0 Å². The molecule has 1 amide bonds. The molecule has 35 heavy (non-hydrogen) atoms. The van der Waals surface area contributed by atoms with E-state index in [0.29, 0.717) is 21.9 Å². The van der Waals surface area contributed by atoms with Crippen molar-refractivity contribution in [2.75, 3.05) is 11.1 Å². The standard InChI is InChI=1S/C24H20F3N5O2S/c1-13-6-7-17(8-14(13)2)32-21-19(11-28-32)22(34)31-18(12-35-23(31)30-21)10-20(33)29-16-5-3-4-15(9-16)24(25,26)27/h3-9,11,18H,10,12H2,1-2H3,(H,29,33). The fourth-order valence-corrected chi connectivity index (χ4v) is 5.16. The van der Waals surface area contributed by atoms with Crippen molar-refractivity contribution in [3.05, 3.63) is 75.7 Å². The van der Waals surface area contributed by atoms with Gasteiger partial charge in [-0.25, -0.2) is 9.67 Å². The number of aromatic nitrogens is 4. The van der Waals surface area contributed by atoms with Crippen molar-refractivity contribution in [2.45, 2.75) is 37.6 Å². The number of aryl methyl sites for hydroxylation is 2. The van der Waals surface area contributed by atoms with E-state index in [1.54, 1.807) is 4.68 Å². The summed E-state index contributed by atoms with van der Waals surface area (Å²) in [6.45, 7) is 4.01. The highest BCUT2D eigenvalue weighted by Gasteiger charge is 2.32. The van der Waals surface area contributed by atoms with E-state index in [1.165, 1.54) is 34.7 Å². The Labute approximate surface area is 202 Å². The van der Waals surface area contributed by atoms with Crippen LogP contribution < -0.4 is 10.9 Å². The highest BCUT2D eigenvalue weighted by Crippen LogP contribution is 2.34. The van der Waals surface area contributed by atoms with Gasteiger partial charge in [-0.05, 0) is 55.3 Å².